The predicted octanol–water partition coefficient (Wildman–Crippen LogP) is 4.60. The van der Waals surface area contributed by atoms with Gasteiger partial charge in [-0.3, -0.25) is 0 Å². The molecule has 0 radical (unpaired) electrons. The van der Waals surface area contributed by atoms with Crippen molar-refractivity contribution in [1.82, 2.24) is 4.90 Å². The van der Waals surface area contributed by atoms with Crippen LogP contribution < -0.4 is 0 Å². The predicted molar refractivity (Wildman–Crippen MR) is 121 cm³/mol. The van der Waals surface area contributed by atoms with Crippen LogP contribution in [0.1, 0.15) is 51.0 Å². The van der Waals surface area contributed by atoms with E-state index in [1.54, 1.807) is 5.57 Å². The molecule has 2 aliphatic rings. The molecule has 0 saturated heterocycles. The topological polar surface area (TPSA) is 43.7 Å². The molecule has 3 heteroatoms. The number of aliphatic hydroxyl groups excluding tert-OH is 1. The number of rotatable bonds is 10. The van der Waals surface area contributed by atoms with Gasteiger partial charge in [-0.25, -0.2) is 0 Å². The Labute approximate surface area is 177 Å². The Morgan fingerprint density at radius 3 is 2.62 bits per heavy atom. The fourth-order valence-corrected chi connectivity index (χ4v) is 5.13. The molecule has 3 nitrogen and oxygen atoms in total. The average Bonchev–Trinajstić information content (AvgIpc) is 3.16. The zero-order valence-corrected chi connectivity index (χ0v) is 18.4. The molecular formula is C26H39NO2. The van der Waals surface area contributed by atoms with E-state index in [0.29, 0.717) is 18.3 Å². The van der Waals surface area contributed by atoms with Gasteiger partial charge in [-0.15, -0.1) is 0 Å². The monoisotopic (exact) mass is 397 g/mol. The van der Waals surface area contributed by atoms with E-state index in [0.717, 1.165) is 18.4 Å². The van der Waals surface area contributed by atoms with Crippen molar-refractivity contribution in [2.75, 3.05) is 20.6 Å². The number of aliphatic hydroxyl groups is 2. The molecule has 2 aliphatic carbocycles. The number of unbranched alkanes of at least 4 members (excludes halogenated alkanes) is 2. The van der Waals surface area contributed by atoms with Crippen LogP contribution in [-0.4, -0.2) is 47.5 Å². The molecule has 0 aliphatic heterocycles. The van der Waals surface area contributed by atoms with Gasteiger partial charge in [0.1, 0.15) is 0 Å². The highest BCUT2D eigenvalue weighted by Crippen LogP contribution is 2.48. The van der Waals surface area contributed by atoms with E-state index in [4.69, 9.17) is 0 Å². The number of nitrogens with zero attached hydrogens (tertiary/aromatic N) is 1. The quantitative estimate of drug-likeness (QED) is 0.448. The lowest BCUT2D eigenvalue weighted by atomic mass is 9.87. The minimum absolute atomic E-state index is 0.157. The number of allylic oxidation sites excluding steroid dienone is 2. The summed E-state index contributed by atoms with van der Waals surface area (Å²) in [6.45, 7) is 3.04. The first-order valence-electron chi connectivity index (χ1n) is 11.3. The van der Waals surface area contributed by atoms with Crippen LogP contribution in [0.5, 0.6) is 0 Å². The largest absolute Gasteiger partial charge is 0.392 e. The summed E-state index contributed by atoms with van der Waals surface area (Å²) in [5, 5.41) is 21.4. The smallest absolute Gasteiger partial charge is 0.0839 e. The number of hydrogen-bond acceptors (Lipinski definition) is 3. The molecule has 2 N–H and O–H groups in total. The molecule has 5 atom stereocenters. The average molecular weight is 398 g/mol. The van der Waals surface area contributed by atoms with Crippen molar-refractivity contribution in [1.29, 1.82) is 0 Å². The molecule has 160 valence electrons. The summed E-state index contributed by atoms with van der Waals surface area (Å²) in [6, 6.07) is 10.1. The molecule has 29 heavy (non-hydrogen) atoms. The van der Waals surface area contributed by atoms with Crippen LogP contribution in [0, 0.1) is 17.8 Å². The summed E-state index contributed by atoms with van der Waals surface area (Å²) >= 11 is 0. The van der Waals surface area contributed by atoms with Crippen molar-refractivity contribution < 1.29 is 10.2 Å². The van der Waals surface area contributed by atoms with Gasteiger partial charge < -0.3 is 15.1 Å². The second-order valence-electron chi connectivity index (χ2n) is 9.73. The zero-order chi connectivity index (χ0) is 20.9. The van der Waals surface area contributed by atoms with Crippen LogP contribution in [0.3, 0.4) is 0 Å². The summed E-state index contributed by atoms with van der Waals surface area (Å²) in [6.07, 6.45) is 13.8. The van der Waals surface area contributed by atoms with Crippen molar-refractivity contribution in [2.45, 2.75) is 63.6 Å². The third kappa shape index (κ3) is 6.53. The number of hydrogen-bond donors (Lipinski definition) is 2. The molecule has 0 heterocycles. The SMILES string of the molecule is CN(C)CCCCCC1=C[C@H]2C[C@@H](O)[C@H](/C=C/[C@](C)(O)Cc3ccccc3)[C@H]2C1. The maximum atomic E-state index is 10.8. The van der Waals surface area contributed by atoms with Gasteiger partial charge in [-0.1, -0.05) is 60.6 Å². The van der Waals surface area contributed by atoms with Crippen molar-refractivity contribution in [3.05, 3.63) is 59.7 Å². The Kier molecular flexibility index (Phi) is 7.72. The lowest BCUT2D eigenvalue weighted by Crippen LogP contribution is -2.26. The van der Waals surface area contributed by atoms with E-state index in [2.05, 4.69) is 43.3 Å². The Morgan fingerprint density at radius 2 is 1.90 bits per heavy atom. The van der Waals surface area contributed by atoms with Crippen LogP contribution in [-0.2, 0) is 6.42 Å². The van der Waals surface area contributed by atoms with Crippen molar-refractivity contribution in [2.24, 2.45) is 17.8 Å². The van der Waals surface area contributed by atoms with E-state index in [1.807, 2.05) is 31.2 Å². The minimum Gasteiger partial charge on any atom is -0.392 e. The van der Waals surface area contributed by atoms with Crippen LogP contribution in [0.15, 0.2) is 54.1 Å². The Morgan fingerprint density at radius 1 is 1.14 bits per heavy atom. The fraction of sp³-hybridized carbons (Fsp3) is 0.615. The fourth-order valence-electron chi connectivity index (χ4n) is 5.13. The maximum absolute atomic E-state index is 10.8. The minimum atomic E-state index is -0.888. The first-order valence-corrected chi connectivity index (χ1v) is 11.3. The van der Waals surface area contributed by atoms with E-state index < -0.39 is 5.60 Å². The highest BCUT2D eigenvalue weighted by molar-refractivity contribution is 5.23. The second kappa shape index (κ2) is 10.1. The van der Waals surface area contributed by atoms with Crippen LogP contribution in [0.25, 0.3) is 0 Å². The van der Waals surface area contributed by atoms with Gasteiger partial charge in [0, 0.05) is 12.3 Å². The summed E-state index contributed by atoms with van der Waals surface area (Å²) in [7, 11) is 4.27. The molecule has 0 amide bonds. The molecular weight excluding hydrogens is 358 g/mol. The molecule has 0 unspecified atom stereocenters. The third-order valence-corrected chi connectivity index (χ3v) is 6.64. The first kappa shape index (κ1) is 22.3. The summed E-state index contributed by atoms with van der Waals surface area (Å²) in [5.41, 5.74) is 1.83. The van der Waals surface area contributed by atoms with Gasteiger partial charge in [-0.05, 0) is 77.1 Å². The lowest BCUT2D eigenvalue weighted by molar-refractivity contribution is 0.108. The summed E-state index contributed by atoms with van der Waals surface area (Å²) < 4.78 is 0. The van der Waals surface area contributed by atoms with Crippen molar-refractivity contribution >= 4 is 0 Å². The van der Waals surface area contributed by atoms with Gasteiger partial charge in [-0.2, -0.15) is 0 Å². The Hall–Kier alpha value is -1.42. The highest BCUT2D eigenvalue weighted by atomic mass is 16.3. The van der Waals surface area contributed by atoms with Crippen LogP contribution in [0.2, 0.25) is 0 Å². The van der Waals surface area contributed by atoms with Gasteiger partial charge in [0.25, 0.3) is 0 Å². The molecule has 0 bridgehead atoms. The Bertz CT molecular complexity index is 692. The van der Waals surface area contributed by atoms with Crippen LogP contribution in [0.4, 0.5) is 0 Å². The van der Waals surface area contributed by atoms with Gasteiger partial charge in [0.2, 0.25) is 0 Å². The van der Waals surface area contributed by atoms with E-state index in [-0.39, 0.29) is 12.0 Å². The second-order valence-corrected chi connectivity index (χ2v) is 9.73. The molecule has 0 spiro atoms. The van der Waals surface area contributed by atoms with Crippen molar-refractivity contribution in [3.63, 3.8) is 0 Å². The summed E-state index contributed by atoms with van der Waals surface area (Å²) in [4.78, 5) is 2.25. The van der Waals surface area contributed by atoms with Gasteiger partial charge in [0.05, 0.1) is 11.7 Å². The number of fused-ring (bicyclic) bond motifs is 1. The molecule has 1 aromatic carbocycles. The van der Waals surface area contributed by atoms with Crippen molar-refractivity contribution in [3.8, 4) is 0 Å². The van der Waals surface area contributed by atoms with Crippen LogP contribution >= 0.6 is 0 Å². The Balaban J connectivity index is 1.51. The third-order valence-electron chi connectivity index (χ3n) is 6.64. The zero-order valence-electron chi connectivity index (χ0n) is 18.4. The standard InChI is InChI=1S/C26H39NO2/c1-26(29,19-20-10-6-4-7-11-20)14-13-23-24-17-21(16-22(24)18-25(23)28)12-8-5-9-15-27(2)3/h4,6-7,10-11,13-14,16,22-25,28-29H,5,8-9,12,15,17-19H2,1-3H3/b14-13+/t22-,23+,24-,25+,26-/m0/s1. The molecule has 0 aromatic heterocycles. The van der Waals surface area contributed by atoms with Gasteiger partial charge in [0.15, 0.2) is 0 Å². The first-order chi connectivity index (χ1) is 13.8. The van der Waals surface area contributed by atoms with Gasteiger partial charge >= 0.3 is 0 Å². The normalized spacial score (nSPS) is 28.7. The highest BCUT2D eigenvalue weighted by Gasteiger charge is 2.43. The number of benzene rings is 1. The summed E-state index contributed by atoms with van der Waals surface area (Å²) in [5.74, 6) is 1.17. The van der Waals surface area contributed by atoms with E-state index >= 15 is 0 Å². The molecule has 1 aromatic rings. The molecule has 1 saturated carbocycles. The molecule has 3 rings (SSSR count). The van der Waals surface area contributed by atoms with E-state index in [9.17, 15) is 10.2 Å². The maximum Gasteiger partial charge on any atom is 0.0839 e. The lowest BCUT2D eigenvalue weighted by Gasteiger charge is -2.23. The van der Waals surface area contributed by atoms with E-state index in [1.165, 1.54) is 32.2 Å². The molecule has 1 fully saturated rings.